The molecular formula is C31H36N4O6. The first-order chi connectivity index (χ1) is 19.7. The summed E-state index contributed by atoms with van der Waals surface area (Å²) in [7, 11) is 4.50. The van der Waals surface area contributed by atoms with E-state index in [2.05, 4.69) is 6.07 Å². The van der Waals surface area contributed by atoms with E-state index in [1.54, 1.807) is 18.9 Å². The van der Waals surface area contributed by atoms with Gasteiger partial charge in [0.15, 0.2) is 11.5 Å². The lowest BCUT2D eigenvalue weighted by Crippen LogP contribution is -2.44. The van der Waals surface area contributed by atoms with Gasteiger partial charge < -0.3 is 19.3 Å². The Balaban J connectivity index is 1.54. The third-order valence-electron chi connectivity index (χ3n) is 8.23. The number of para-hydroxylation sites is 1. The molecule has 2 aromatic carbocycles. The summed E-state index contributed by atoms with van der Waals surface area (Å²) >= 11 is 0. The van der Waals surface area contributed by atoms with E-state index in [0.29, 0.717) is 56.9 Å². The van der Waals surface area contributed by atoms with Crippen molar-refractivity contribution in [1.29, 1.82) is 0 Å². The molecule has 10 heteroatoms. The fraction of sp³-hybridized carbons (Fsp3) is 0.419. The summed E-state index contributed by atoms with van der Waals surface area (Å²) in [5, 5.41) is 0. The van der Waals surface area contributed by atoms with Crippen molar-refractivity contribution in [2.45, 2.75) is 44.6 Å². The van der Waals surface area contributed by atoms with E-state index in [9.17, 15) is 19.2 Å². The quantitative estimate of drug-likeness (QED) is 0.478. The molecule has 0 unspecified atom stereocenters. The average Bonchev–Trinajstić information content (AvgIpc) is 3.27. The number of aromatic nitrogens is 2. The summed E-state index contributed by atoms with van der Waals surface area (Å²) in [5.41, 5.74) is 1.96. The van der Waals surface area contributed by atoms with Gasteiger partial charge in [0.2, 0.25) is 5.91 Å². The van der Waals surface area contributed by atoms with E-state index >= 15 is 0 Å². The number of ether oxygens (including phenoxy) is 2. The standard InChI is InChI=1S/C31H36N4O6/c1-20(36)35-24-10-6-5-9-22(24)23-13-15-34(30(38)26-19-29(37)33(3)31(39)32(26)2)14-7-8-16-41-28-18-21(17-25(23)35)11-12-27(28)40-4/h5-6,9-12,18-19,23,25H,7-8,13-17H2,1-4H3/t23-,25-/m1/s1. The van der Waals surface area contributed by atoms with Gasteiger partial charge >= 0.3 is 5.69 Å². The minimum Gasteiger partial charge on any atom is -0.493 e. The zero-order chi connectivity index (χ0) is 29.3. The summed E-state index contributed by atoms with van der Waals surface area (Å²) < 4.78 is 13.8. The third-order valence-corrected chi connectivity index (χ3v) is 8.23. The molecule has 3 aromatic rings. The van der Waals surface area contributed by atoms with Gasteiger partial charge in [-0.15, -0.1) is 0 Å². The van der Waals surface area contributed by atoms with Gasteiger partial charge in [-0.25, -0.2) is 4.79 Å². The van der Waals surface area contributed by atoms with Gasteiger partial charge in [0.05, 0.1) is 13.7 Å². The maximum absolute atomic E-state index is 13.8. The Labute approximate surface area is 238 Å². The number of carbonyl (C=O) groups excluding carboxylic acids is 2. The molecule has 2 aliphatic rings. The highest BCUT2D eigenvalue weighted by Crippen LogP contribution is 2.44. The SMILES string of the molecule is COc1ccc2cc1OCCCCN(C(=O)c1cc(=O)n(C)c(=O)n1C)CC[C@@H]1c3ccccc3N(C(C)=O)[C@@H]1C2. The molecule has 3 heterocycles. The van der Waals surface area contributed by atoms with Gasteiger partial charge in [-0.2, -0.15) is 0 Å². The van der Waals surface area contributed by atoms with Crippen LogP contribution in [-0.2, 0) is 25.3 Å². The van der Waals surface area contributed by atoms with Crippen LogP contribution in [0.25, 0.3) is 0 Å². The van der Waals surface area contributed by atoms with E-state index < -0.39 is 11.2 Å². The van der Waals surface area contributed by atoms with Crippen LogP contribution in [0.15, 0.2) is 58.1 Å². The first-order valence-corrected chi connectivity index (χ1v) is 14.0. The molecule has 216 valence electrons. The zero-order valence-corrected chi connectivity index (χ0v) is 24.0. The molecule has 10 nitrogen and oxygen atoms in total. The van der Waals surface area contributed by atoms with Gasteiger partial charge in [-0.3, -0.25) is 23.5 Å². The normalized spacial score (nSPS) is 19.0. The molecule has 0 saturated carbocycles. The summed E-state index contributed by atoms with van der Waals surface area (Å²) in [6.07, 6.45) is 2.56. The van der Waals surface area contributed by atoms with Crippen molar-refractivity contribution in [3.05, 3.63) is 86.2 Å². The van der Waals surface area contributed by atoms with Crippen molar-refractivity contribution in [1.82, 2.24) is 14.0 Å². The molecule has 0 fully saturated rings. The molecule has 2 bridgehead atoms. The number of methoxy groups -OCH3 is 1. The van der Waals surface area contributed by atoms with Crippen molar-refractivity contribution in [3.63, 3.8) is 0 Å². The van der Waals surface area contributed by atoms with Gasteiger partial charge in [0.25, 0.3) is 11.5 Å². The number of hydrogen-bond donors (Lipinski definition) is 0. The Bertz CT molecular complexity index is 1590. The van der Waals surface area contributed by atoms with E-state index in [1.165, 1.54) is 24.7 Å². The molecular weight excluding hydrogens is 524 g/mol. The molecule has 0 saturated heterocycles. The highest BCUT2D eigenvalue weighted by atomic mass is 16.5. The lowest BCUT2D eigenvalue weighted by molar-refractivity contribution is -0.117. The van der Waals surface area contributed by atoms with Gasteiger partial charge in [-0.1, -0.05) is 24.3 Å². The van der Waals surface area contributed by atoms with Crippen LogP contribution < -0.4 is 25.6 Å². The van der Waals surface area contributed by atoms with Crippen LogP contribution in [0.4, 0.5) is 5.69 Å². The predicted molar refractivity (Wildman–Crippen MR) is 155 cm³/mol. The van der Waals surface area contributed by atoms with E-state index in [1.807, 2.05) is 41.3 Å². The second-order valence-corrected chi connectivity index (χ2v) is 10.7. The summed E-state index contributed by atoms with van der Waals surface area (Å²) in [5.74, 6) is 0.838. The molecule has 5 rings (SSSR count). The smallest absolute Gasteiger partial charge is 0.331 e. The number of benzene rings is 2. The minimum absolute atomic E-state index is 0.0349. The molecule has 41 heavy (non-hydrogen) atoms. The number of anilines is 1. The summed E-state index contributed by atoms with van der Waals surface area (Å²) in [6, 6.07) is 14.9. The summed E-state index contributed by atoms with van der Waals surface area (Å²) in [6.45, 7) is 2.85. The lowest BCUT2D eigenvalue weighted by atomic mass is 9.87. The van der Waals surface area contributed by atoms with Crippen molar-refractivity contribution in [2.75, 3.05) is 31.7 Å². The number of carbonyl (C=O) groups is 2. The second-order valence-electron chi connectivity index (χ2n) is 10.7. The van der Waals surface area contributed by atoms with Crippen LogP contribution >= 0.6 is 0 Å². The molecule has 0 radical (unpaired) electrons. The fourth-order valence-corrected chi connectivity index (χ4v) is 6.07. The molecule has 2 atom stereocenters. The predicted octanol–water partition coefficient (Wildman–Crippen LogP) is 2.86. The lowest BCUT2D eigenvalue weighted by Gasteiger charge is -2.31. The first kappa shape index (κ1) is 28.2. The number of fused-ring (bicyclic) bond motifs is 5. The van der Waals surface area contributed by atoms with Crippen LogP contribution in [0.2, 0.25) is 0 Å². The molecule has 1 aromatic heterocycles. The van der Waals surface area contributed by atoms with Gasteiger partial charge in [-0.05, 0) is 55.0 Å². The van der Waals surface area contributed by atoms with E-state index in [-0.39, 0.29) is 29.5 Å². The third kappa shape index (κ3) is 5.38. The zero-order valence-electron chi connectivity index (χ0n) is 24.0. The van der Waals surface area contributed by atoms with E-state index in [4.69, 9.17) is 9.47 Å². The minimum atomic E-state index is -0.548. The van der Waals surface area contributed by atoms with Crippen molar-refractivity contribution >= 4 is 17.5 Å². The number of hydrogen-bond acceptors (Lipinski definition) is 6. The Morgan fingerprint density at radius 3 is 2.51 bits per heavy atom. The number of rotatable bonds is 2. The van der Waals surface area contributed by atoms with Gasteiger partial charge in [0, 0.05) is 57.8 Å². The first-order valence-electron chi connectivity index (χ1n) is 14.0. The Morgan fingerprint density at radius 1 is 0.976 bits per heavy atom. The molecule has 0 spiro atoms. The van der Waals surface area contributed by atoms with Crippen LogP contribution in [0.3, 0.4) is 0 Å². The van der Waals surface area contributed by atoms with Crippen LogP contribution in [0.1, 0.15) is 53.7 Å². The maximum atomic E-state index is 13.8. The molecule has 2 amide bonds. The number of amides is 2. The highest BCUT2D eigenvalue weighted by molar-refractivity contribution is 5.95. The Hall–Kier alpha value is -4.34. The van der Waals surface area contributed by atoms with Crippen molar-refractivity contribution < 1.29 is 19.1 Å². The maximum Gasteiger partial charge on any atom is 0.331 e. The second kappa shape index (κ2) is 11.6. The average molecular weight is 561 g/mol. The molecule has 2 aliphatic heterocycles. The van der Waals surface area contributed by atoms with Crippen molar-refractivity contribution in [2.24, 2.45) is 14.1 Å². The van der Waals surface area contributed by atoms with Crippen LogP contribution in [0.5, 0.6) is 11.5 Å². The van der Waals surface area contributed by atoms with Gasteiger partial charge in [0.1, 0.15) is 5.69 Å². The van der Waals surface area contributed by atoms with E-state index in [0.717, 1.165) is 21.4 Å². The monoisotopic (exact) mass is 560 g/mol. The van der Waals surface area contributed by atoms with Crippen molar-refractivity contribution in [3.8, 4) is 11.5 Å². The molecule has 0 aliphatic carbocycles. The Kier molecular flexibility index (Phi) is 8.01. The topological polar surface area (TPSA) is 103 Å². The largest absolute Gasteiger partial charge is 0.493 e. The van der Waals surface area contributed by atoms with Crippen LogP contribution in [0, 0.1) is 0 Å². The Morgan fingerprint density at radius 2 is 1.76 bits per heavy atom. The summed E-state index contributed by atoms with van der Waals surface area (Å²) in [4.78, 5) is 55.4. The molecule has 0 N–H and O–H groups in total. The van der Waals surface area contributed by atoms with Crippen LogP contribution in [-0.4, -0.2) is 58.7 Å². The highest BCUT2D eigenvalue weighted by Gasteiger charge is 2.40. The fourth-order valence-electron chi connectivity index (χ4n) is 6.07. The number of nitrogens with zero attached hydrogens (tertiary/aromatic N) is 4.